The molecule has 12 heavy (non-hydrogen) atoms. The van der Waals surface area contributed by atoms with E-state index in [1.807, 2.05) is 11.6 Å². The van der Waals surface area contributed by atoms with Gasteiger partial charge in [-0.2, -0.15) is 5.10 Å². The van der Waals surface area contributed by atoms with Gasteiger partial charge in [0.25, 0.3) is 0 Å². The van der Waals surface area contributed by atoms with Crippen molar-refractivity contribution in [2.75, 3.05) is 0 Å². The van der Waals surface area contributed by atoms with Crippen molar-refractivity contribution in [3.05, 3.63) is 17.5 Å². The maximum Gasteiger partial charge on any atom is 0.0625 e. The third kappa shape index (κ3) is 1.67. The molecule has 0 aliphatic carbocycles. The van der Waals surface area contributed by atoms with Crippen LogP contribution in [0.3, 0.4) is 0 Å². The quantitative estimate of drug-likeness (QED) is 0.741. The summed E-state index contributed by atoms with van der Waals surface area (Å²) in [6.07, 6.45) is 0.979. The standard InChI is InChI=1S/C9H17N3/c1-4-8-6-9(7(3)10)12(5-2)11-8/h6-7H,4-5,10H2,1-3H3/t7-/m0/s1. The molecule has 1 rings (SSSR count). The fraction of sp³-hybridized carbons (Fsp3) is 0.667. The average Bonchev–Trinajstić information content (AvgIpc) is 2.47. The summed E-state index contributed by atoms with van der Waals surface area (Å²) in [5.41, 5.74) is 8.06. The van der Waals surface area contributed by atoms with E-state index < -0.39 is 0 Å². The predicted octanol–water partition coefficient (Wildman–Crippen LogP) is 1.49. The van der Waals surface area contributed by atoms with Crippen molar-refractivity contribution in [3.63, 3.8) is 0 Å². The van der Waals surface area contributed by atoms with Gasteiger partial charge in [0.2, 0.25) is 0 Å². The Hall–Kier alpha value is -0.830. The lowest BCUT2D eigenvalue weighted by molar-refractivity contribution is 0.585. The summed E-state index contributed by atoms with van der Waals surface area (Å²) in [4.78, 5) is 0. The first-order valence-corrected chi connectivity index (χ1v) is 4.51. The van der Waals surface area contributed by atoms with Crippen LogP contribution in [-0.4, -0.2) is 9.78 Å². The van der Waals surface area contributed by atoms with Crippen LogP contribution in [0.1, 0.15) is 38.2 Å². The van der Waals surface area contributed by atoms with E-state index in [1.165, 1.54) is 0 Å². The van der Waals surface area contributed by atoms with Crippen LogP contribution in [0.15, 0.2) is 6.07 Å². The zero-order valence-electron chi connectivity index (χ0n) is 8.04. The fourth-order valence-corrected chi connectivity index (χ4v) is 1.28. The van der Waals surface area contributed by atoms with Crippen LogP contribution in [0.2, 0.25) is 0 Å². The normalized spacial score (nSPS) is 13.3. The van der Waals surface area contributed by atoms with Crippen molar-refractivity contribution in [2.45, 2.75) is 39.8 Å². The van der Waals surface area contributed by atoms with Crippen molar-refractivity contribution in [1.29, 1.82) is 0 Å². The van der Waals surface area contributed by atoms with Crippen LogP contribution in [0.25, 0.3) is 0 Å². The molecule has 0 radical (unpaired) electrons. The maximum atomic E-state index is 5.80. The molecule has 0 spiro atoms. The summed E-state index contributed by atoms with van der Waals surface area (Å²) in [6, 6.07) is 2.17. The molecule has 0 aromatic carbocycles. The highest BCUT2D eigenvalue weighted by atomic mass is 15.3. The van der Waals surface area contributed by atoms with Gasteiger partial charge in [-0.15, -0.1) is 0 Å². The highest BCUT2D eigenvalue weighted by Crippen LogP contribution is 2.11. The van der Waals surface area contributed by atoms with E-state index in [2.05, 4.69) is 25.0 Å². The Bertz CT molecular complexity index is 250. The molecule has 0 amide bonds. The Morgan fingerprint density at radius 3 is 2.58 bits per heavy atom. The summed E-state index contributed by atoms with van der Waals surface area (Å²) >= 11 is 0. The first kappa shape index (κ1) is 9.26. The lowest BCUT2D eigenvalue weighted by atomic mass is 10.2. The zero-order chi connectivity index (χ0) is 9.14. The molecule has 0 aliphatic rings. The molecule has 0 unspecified atom stereocenters. The van der Waals surface area contributed by atoms with Crippen molar-refractivity contribution >= 4 is 0 Å². The van der Waals surface area contributed by atoms with E-state index in [0.29, 0.717) is 0 Å². The second kappa shape index (κ2) is 3.72. The Balaban J connectivity index is 3.00. The molecule has 1 atom stereocenters. The van der Waals surface area contributed by atoms with Crippen LogP contribution in [0.5, 0.6) is 0 Å². The highest BCUT2D eigenvalue weighted by Gasteiger charge is 2.08. The lowest BCUT2D eigenvalue weighted by Gasteiger charge is -2.06. The number of aryl methyl sites for hydroxylation is 2. The van der Waals surface area contributed by atoms with Crippen LogP contribution in [0.4, 0.5) is 0 Å². The molecule has 1 heterocycles. The Labute approximate surface area is 73.6 Å². The lowest BCUT2D eigenvalue weighted by Crippen LogP contribution is -2.12. The first-order chi connectivity index (χ1) is 5.69. The molecule has 0 saturated heterocycles. The molecular formula is C9H17N3. The third-order valence-electron chi connectivity index (χ3n) is 1.99. The van der Waals surface area contributed by atoms with Crippen molar-refractivity contribution < 1.29 is 0 Å². The summed E-state index contributed by atoms with van der Waals surface area (Å²) in [7, 11) is 0. The molecule has 3 heteroatoms. The molecule has 0 fully saturated rings. The molecule has 68 valence electrons. The predicted molar refractivity (Wildman–Crippen MR) is 49.9 cm³/mol. The Morgan fingerprint density at radius 2 is 2.25 bits per heavy atom. The minimum atomic E-state index is 0.0812. The van der Waals surface area contributed by atoms with E-state index in [1.54, 1.807) is 0 Å². The number of nitrogens with two attached hydrogens (primary N) is 1. The van der Waals surface area contributed by atoms with Gasteiger partial charge in [-0.1, -0.05) is 6.92 Å². The van der Waals surface area contributed by atoms with E-state index in [4.69, 9.17) is 5.73 Å². The monoisotopic (exact) mass is 167 g/mol. The molecule has 0 bridgehead atoms. The second-order valence-corrected chi connectivity index (χ2v) is 3.02. The second-order valence-electron chi connectivity index (χ2n) is 3.02. The zero-order valence-corrected chi connectivity index (χ0v) is 8.04. The van der Waals surface area contributed by atoms with Gasteiger partial charge in [0, 0.05) is 12.6 Å². The molecular weight excluding hydrogens is 150 g/mol. The molecule has 1 aromatic heterocycles. The van der Waals surface area contributed by atoms with Gasteiger partial charge in [-0.25, -0.2) is 0 Å². The van der Waals surface area contributed by atoms with Gasteiger partial charge < -0.3 is 5.73 Å². The molecule has 2 N–H and O–H groups in total. The number of hydrogen-bond acceptors (Lipinski definition) is 2. The van der Waals surface area contributed by atoms with Crippen molar-refractivity contribution in [2.24, 2.45) is 5.73 Å². The topological polar surface area (TPSA) is 43.8 Å². The van der Waals surface area contributed by atoms with Gasteiger partial charge in [0.05, 0.1) is 11.4 Å². The van der Waals surface area contributed by atoms with E-state index >= 15 is 0 Å². The molecule has 1 aromatic rings. The average molecular weight is 167 g/mol. The van der Waals surface area contributed by atoms with Crippen LogP contribution >= 0.6 is 0 Å². The maximum absolute atomic E-state index is 5.80. The smallest absolute Gasteiger partial charge is 0.0625 e. The fourth-order valence-electron chi connectivity index (χ4n) is 1.28. The largest absolute Gasteiger partial charge is 0.323 e. The molecule has 0 saturated carbocycles. The van der Waals surface area contributed by atoms with Gasteiger partial charge in [0.1, 0.15) is 0 Å². The van der Waals surface area contributed by atoms with E-state index in [0.717, 1.165) is 24.4 Å². The number of rotatable bonds is 3. The summed E-state index contributed by atoms with van der Waals surface area (Å²) in [5.74, 6) is 0. The van der Waals surface area contributed by atoms with Crippen LogP contribution in [-0.2, 0) is 13.0 Å². The summed E-state index contributed by atoms with van der Waals surface area (Å²) in [6.45, 7) is 7.07. The van der Waals surface area contributed by atoms with Gasteiger partial charge in [-0.05, 0) is 26.3 Å². The van der Waals surface area contributed by atoms with Gasteiger partial charge in [-0.3, -0.25) is 4.68 Å². The first-order valence-electron chi connectivity index (χ1n) is 4.51. The minimum Gasteiger partial charge on any atom is -0.323 e. The summed E-state index contributed by atoms with van der Waals surface area (Å²) < 4.78 is 1.98. The van der Waals surface area contributed by atoms with Crippen molar-refractivity contribution in [3.8, 4) is 0 Å². The SMILES string of the molecule is CCc1cc([C@H](C)N)n(CC)n1. The van der Waals surface area contributed by atoms with E-state index in [9.17, 15) is 0 Å². The van der Waals surface area contributed by atoms with Gasteiger partial charge >= 0.3 is 0 Å². The Kier molecular flexibility index (Phi) is 2.87. The van der Waals surface area contributed by atoms with Crippen LogP contribution in [0, 0.1) is 0 Å². The van der Waals surface area contributed by atoms with Crippen LogP contribution < -0.4 is 5.73 Å². The van der Waals surface area contributed by atoms with Gasteiger partial charge in [0.15, 0.2) is 0 Å². The highest BCUT2D eigenvalue weighted by molar-refractivity contribution is 5.13. The minimum absolute atomic E-state index is 0.0812. The van der Waals surface area contributed by atoms with E-state index in [-0.39, 0.29) is 6.04 Å². The number of aromatic nitrogens is 2. The number of hydrogen-bond donors (Lipinski definition) is 1. The number of nitrogens with zero attached hydrogens (tertiary/aromatic N) is 2. The third-order valence-corrected chi connectivity index (χ3v) is 1.99. The molecule has 0 aliphatic heterocycles. The summed E-state index contributed by atoms with van der Waals surface area (Å²) in [5, 5.41) is 4.41. The Morgan fingerprint density at radius 1 is 1.58 bits per heavy atom. The molecule has 3 nitrogen and oxygen atoms in total. The van der Waals surface area contributed by atoms with Crippen molar-refractivity contribution in [1.82, 2.24) is 9.78 Å².